The number of halogens is 1. The van der Waals surface area contributed by atoms with Crippen LogP contribution in [0.2, 0.25) is 0 Å². The smallest absolute Gasteiger partial charge is 0.278 e. The predicted octanol–water partition coefficient (Wildman–Crippen LogP) is 3.08. The van der Waals surface area contributed by atoms with Crippen LogP contribution in [0.15, 0.2) is 12.1 Å². The normalized spacial score (nSPS) is 13.1. The summed E-state index contributed by atoms with van der Waals surface area (Å²) in [5, 5.41) is 11.2. The SMILES string of the molecule is CCC(C)[C@H](N)c1cc(OC)c(OC)cc1[N+](=O)[O-].Cl. The molecule has 1 aromatic rings. The molecule has 0 amide bonds. The van der Waals surface area contributed by atoms with Crippen LogP contribution in [0.5, 0.6) is 11.5 Å². The van der Waals surface area contributed by atoms with Crippen molar-refractivity contribution in [2.75, 3.05) is 14.2 Å². The maximum Gasteiger partial charge on any atom is 0.278 e. The zero-order valence-electron chi connectivity index (χ0n) is 12.1. The minimum absolute atomic E-state index is 0. The lowest BCUT2D eigenvalue weighted by Crippen LogP contribution is -2.20. The minimum Gasteiger partial charge on any atom is -0.493 e. The van der Waals surface area contributed by atoms with Gasteiger partial charge >= 0.3 is 0 Å². The summed E-state index contributed by atoms with van der Waals surface area (Å²) >= 11 is 0. The fourth-order valence-electron chi connectivity index (χ4n) is 1.87. The Morgan fingerprint density at radius 2 is 1.80 bits per heavy atom. The maximum absolute atomic E-state index is 11.2. The molecule has 2 atom stereocenters. The summed E-state index contributed by atoms with van der Waals surface area (Å²) in [5.41, 5.74) is 6.53. The van der Waals surface area contributed by atoms with E-state index in [4.69, 9.17) is 15.2 Å². The number of hydrogen-bond donors (Lipinski definition) is 1. The molecule has 0 heterocycles. The molecule has 114 valence electrons. The van der Waals surface area contributed by atoms with Crippen LogP contribution in [0, 0.1) is 16.0 Å². The highest BCUT2D eigenvalue weighted by atomic mass is 35.5. The zero-order valence-corrected chi connectivity index (χ0v) is 12.9. The van der Waals surface area contributed by atoms with Crippen LogP contribution in [-0.4, -0.2) is 19.1 Å². The van der Waals surface area contributed by atoms with E-state index >= 15 is 0 Å². The van der Waals surface area contributed by atoms with Gasteiger partial charge in [0.05, 0.1) is 30.8 Å². The molecular weight excluding hydrogens is 284 g/mol. The van der Waals surface area contributed by atoms with Crippen molar-refractivity contribution in [1.29, 1.82) is 0 Å². The molecule has 7 heteroatoms. The highest BCUT2D eigenvalue weighted by Gasteiger charge is 2.26. The Balaban J connectivity index is 0.00000361. The summed E-state index contributed by atoms with van der Waals surface area (Å²) < 4.78 is 10.3. The molecule has 20 heavy (non-hydrogen) atoms. The first kappa shape index (κ1) is 18.5. The Morgan fingerprint density at radius 3 is 2.20 bits per heavy atom. The van der Waals surface area contributed by atoms with E-state index < -0.39 is 11.0 Å². The number of nitro groups is 1. The van der Waals surface area contributed by atoms with E-state index in [1.165, 1.54) is 20.3 Å². The first-order chi connectivity index (χ1) is 8.96. The average molecular weight is 305 g/mol. The van der Waals surface area contributed by atoms with E-state index in [1.807, 2.05) is 13.8 Å². The molecule has 0 radical (unpaired) electrons. The molecule has 0 saturated heterocycles. The number of hydrogen-bond acceptors (Lipinski definition) is 5. The van der Waals surface area contributed by atoms with Gasteiger partial charge in [0.1, 0.15) is 0 Å². The second-order valence-corrected chi connectivity index (χ2v) is 4.43. The number of benzene rings is 1. The summed E-state index contributed by atoms with van der Waals surface area (Å²) in [6.45, 7) is 3.96. The number of nitrogens with two attached hydrogens (primary N) is 1. The van der Waals surface area contributed by atoms with Crippen LogP contribution in [-0.2, 0) is 0 Å². The molecule has 0 saturated carbocycles. The summed E-state index contributed by atoms with van der Waals surface area (Å²) in [6.07, 6.45) is 0.840. The molecule has 1 rings (SSSR count). The third-order valence-electron chi connectivity index (χ3n) is 3.35. The van der Waals surface area contributed by atoms with Gasteiger partial charge in [-0.25, -0.2) is 0 Å². The average Bonchev–Trinajstić information content (AvgIpc) is 2.43. The predicted molar refractivity (Wildman–Crippen MR) is 79.8 cm³/mol. The lowest BCUT2D eigenvalue weighted by Gasteiger charge is -2.20. The molecule has 1 unspecified atom stereocenters. The monoisotopic (exact) mass is 304 g/mol. The van der Waals surface area contributed by atoms with Crippen LogP contribution >= 0.6 is 12.4 Å². The summed E-state index contributed by atoms with van der Waals surface area (Å²) in [7, 11) is 2.93. The molecular formula is C13H21ClN2O4. The maximum atomic E-state index is 11.2. The van der Waals surface area contributed by atoms with Crippen molar-refractivity contribution >= 4 is 18.1 Å². The third-order valence-corrected chi connectivity index (χ3v) is 3.35. The molecule has 0 aromatic heterocycles. The van der Waals surface area contributed by atoms with E-state index in [2.05, 4.69) is 0 Å². The van der Waals surface area contributed by atoms with Gasteiger partial charge in [0.25, 0.3) is 5.69 Å². The molecule has 0 bridgehead atoms. The molecule has 0 aliphatic rings. The van der Waals surface area contributed by atoms with Crippen molar-refractivity contribution in [1.82, 2.24) is 0 Å². The Hall–Kier alpha value is -1.53. The van der Waals surface area contributed by atoms with Crippen molar-refractivity contribution in [2.24, 2.45) is 11.7 Å². The van der Waals surface area contributed by atoms with Crippen LogP contribution in [0.25, 0.3) is 0 Å². The van der Waals surface area contributed by atoms with Crippen LogP contribution in [0.1, 0.15) is 31.9 Å². The van der Waals surface area contributed by atoms with E-state index in [0.717, 1.165) is 6.42 Å². The molecule has 0 aliphatic heterocycles. The zero-order chi connectivity index (χ0) is 14.6. The first-order valence-corrected chi connectivity index (χ1v) is 6.12. The van der Waals surface area contributed by atoms with Gasteiger partial charge in [0.15, 0.2) is 11.5 Å². The lowest BCUT2D eigenvalue weighted by molar-refractivity contribution is -0.385. The van der Waals surface area contributed by atoms with Crippen molar-refractivity contribution in [2.45, 2.75) is 26.3 Å². The summed E-state index contributed by atoms with van der Waals surface area (Å²) in [5.74, 6) is 0.910. The van der Waals surface area contributed by atoms with Gasteiger partial charge in [-0.1, -0.05) is 20.3 Å². The fourth-order valence-corrected chi connectivity index (χ4v) is 1.87. The molecule has 1 aromatic carbocycles. The summed E-state index contributed by atoms with van der Waals surface area (Å²) in [6, 6.07) is 2.54. The third kappa shape index (κ3) is 3.74. The van der Waals surface area contributed by atoms with Crippen molar-refractivity contribution < 1.29 is 14.4 Å². The van der Waals surface area contributed by atoms with Gasteiger partial charge in [-0.05, 0) is 12.0 Å². The largest absolute Gasteiger partial charge is 0.493 e. The fraction of sp³-hybridized carbons (Fsp3) is 0.538. The number of ether oxygens (including phenoxy) is 2. The lowest BCUT2D eigenvalue weighted by atomic mass is 9.92. The Labute approximate surface area is 124 Å². The molecule has 6 nitrogen and oxygen atoms in total. The molecule has 0 aliphatic carbocycles. The van der Waals surface area contributed by atoms with Crippen LogP contribution < -0.4 is 15.2 Å². The second kappa shape index (κ2) is 7.91. The highest BCUT2D eigenvalue weighted by Crippen LogP contribution is 2.38. The quantitative estimate of drug-likeness (QED) is 0.644. The molecule has 2 N–H and O–H groups in total. The number of nitro benzene ring substituents is 1. The number of methoxy groups -OCH3 is 2. The van der Waals surface area contributed by atoms with Gasteiger partial charge < -0.3 is 15.2 Å². The Morgan fingerprint density at radius 1 is 1.30 bits per heavy atom. The van der Waals surface area contributed by atoms with Crippen LogP contribution in [0.3, 0.4) is 0 Å². The highest BCUT2D eigenvalue weighted by molar-refractivity contribution is 5.85. The number of rotatable bonds is 6. The second-order valence-electron chi connectivity index (χ2n) is 4.43. The molecule has 0 fully saturated rings. The Kier molecular flexibility index (Phi) is 7.31. The standard InChI is InChI=1S/C13H20N2O4.ClH/c1-5-8(2)13(14)9-6-11(18-3)12(19-4)7-10(9)15(16)17;/h6-8,13H,5,14H2,1-4H3;1H/t8?,13-;/m0./s1. The Bertz CT molecular complexity index is 468. The van der Waals surface area contributed by atoms with Gasteiger partial charge in [-0.3, -0.25) is 10.1 Å². The van der Waals surface area contributed by atoms with E-state index in [0.29, 0.717) is 17.1 Å². The van der Waals surface area contributed by atoms with Crippen molar-refractivity contribution in [3.05, 3.63) is 27.8 Å². The number of nitrogens with zero attached hydrogens (tertiary/aromatic N) is 1. The first-order valence-electron chi connectivity index (χ1n) is 6.12. The van der Waals surface area contributed by atoms with Gasteiger partial charge in [0.2, 0.25) is 0 Å². The van der Waals surface area contributed by atoms with Gasteiger partial charge in [-0.2, -0.15) is 0 Å². The van der Waals surface area contributed by atoms with Crippen molar-refractivity contribution in [3.63, 3.8) is 0 Å². The summed E-state index contributed by atoms with van der Waals surface area (Å²) in [4.78, 5) is 10.7. The van der Waals surface area contributed by atoms with E-state index in [1.54, 1.807) is 6.07 Å². The molecule has 0 spiro atoms. The minimum atomic E-state index is -0.445. The van der Waals surface area contributed by atoms with E-state index in [-0.39, 0.29) is 24.0 Å². The van der Waals surface area contributed by atoms with Gasteiger partial charge in [0, 0.05) is 6.04 Å². The van der Waals surface area contributed by atoms with E-state index in [9.17, 15) is 10.1 Å². The topological polar surface area (TPSA) is 87.6 Å². The van der Waals surface area contributed by atoms with Crippen molar-refractivity contribution in [3.8, 4) is 11.5 Å². The van der Waals surface area contributed by atoms with Gasteiger partial charge in [-0.15, -0.1) is 12.4 Å². The van der Waals surface area contributed by atoms with Crippen LogP contribution in [0.4, 0.5) is 5.69 Å².